The Kier molecular flexibility index (Phi) is 2.68. The van der Waals surface area contributed by atoms with Gasteiger partial charge >= 0.3 is 0 Å². The van der Waals surface area contributed by atoms with Gasteiger partial charge in [-0.3, -0.25) is 4.98 Å². The summed E-state index contributed by atoms with van der Waals surface area (Å²) < 4.78 is 0. The molecule has 0 radical (unpaired) electrons. The Labute approximate surface area is 117 Å². The monoisotopic (exact) mass is 271 g/mol. The molecule has 2 aromatic heterocycles. The number of aromatic nitrogens is 3. The smallest absolute Gasteiger partial charge is 0.222 e. The molecule has 3 rings (SSSR count). The second kappa shape index (κ2) is 4.14. The summed E-state index contributed by atoms with van der Waals surface area (Å²) in [6, 6.07) is 6.01. The SMILES string of the molecule is Cc1ccc2c(n1)C(C)(C)C=C2c1ccnc(Cl)n1. The summed E-state index contributed by atoms with van der Waals surface area (Å²) in [6.07, 6.45) is 3.88. The molecule has 0 bridgehead atoms. The largest absolute Gasteiger partial charge is 0.257 e. The lowest BCUT2D eigenvalue weighted by molar-refractivity contribution is 0.653. The van der Waals surface area contributed by atoms with Gasteiger partial charge in [-0.2, -0.15) is 0 Å². The van der Waals surface area contributed by atoms with Gasteiger partial charge in [0.1, 0.15) is 0 Å². The first-order valence-corrected chi connectivity index (χ1v) is 6.55. The van der Waals surface area contributed by atoms with E-state index in [0.717, 1.165) is 28.2 Å². The molecule has 96 valence electrons. The Hall–Kier alpha value is -1.74. The number of aryl methyl sites for hydroxylation is 1. The number of pyridine rings is 1. The van der Waals surface area contributed by atoms with E-state index < -0.39 is 0 Å². The average Bonchev–Trinajstić information content (AvgIpc) is 2.61. The molecule has 0 fully saturated rings. The molecule has 2 heterocycles. The molecule has 0 amide bonds. The molecule has 4 heteroatoms. The van der Waals surface area contributed by atoms with Crippen molar-refractivity contribution in [1.29, 1.82) is 0 Å². The van der Waals surface area contributed by atoms with Gasteiger partial charge in [0.05, 0.1) is 11.4 Å². The van der Waals surface area contributed by atoms with Crippen molar-refractivity contribution in [2.75, 3.05) is 0 Å². The first kappa shape index (κ1) is 12.3. The second-order valence-corrected chi connectivity index (χ2v) is 5.68. The normalized spacial score (nSPS) is 16.1. The minimum absolute atomic E-state index is 0.0892. The Morgan fingerprint density at radius 2 is 1.89 bits per heavy atom. The second-order valence-electron chi connectivity index (χ2n) is 5.34. The van der Waals surface area contributed by atoms with Gasteiger partial charge in [-0.25, -0.2) is 9.97 Å². The molecular weight excluding hydrogens is 258 g/mol. The van der Waals surface area contributed by atoms with Crippen LogP contribution in [0.5, 0.6) is 0 Å². The molecule has 0 saturated heterocycles. The lowest BCUT2D eigenvalue weighted by Crippen LogP contribution is -2.13. The van der Waals surface area contributed by atoms with Crippen molar-refractivity contribution in [2.45, 2.75) is 26.2 Å². The molecule has 2 aromatic rings. The van der Waals surface area contributed by atoms with Crippen molar-refractivity contribution >= 4 is 17.2 Å². The highest BCUT2D eigenvalue weighted by Crippen LogP contribution is 2.41. The maximum Gasteiger partial charge on any atom is 0.222 e. The molecule has 19 heavy (non-hydrogen) atoms. The third-order valence-electron chi connectivity index (χ3n) is 3.34. The van der Waals surface area contributed by atoms with Gasteiger partial charge < -0.3 is 0 Å². The molecule has 0 unspecified atom stereocenters. The molecular formula is C15H14ClN3. The highest BCUT2D eigenvalue weighted by atomic mass is 35.5. The van der Waals surface area contributed by atoms with Crippen LogP contribution in [-0.4, -0.2) is 15.0 Å². The number of hydrogen-bond acceptors (Lipinski definition) is 3. The van der Waals surface area contributed by atoms with E-state index in [1.165, 1.54) is 0 Å². The van der Waals surface area contributed by atoms with Crippen molar-refractivity contribution in [3.05, 3.63) is 58.4 Å². The zero-order valence-corrected chi connectivity index (χ0v) is 11.9. The molecule has 1 aliphatic rings. The van der Waals surface area contributed by atoms with Crippen LogP contribution in [-0.2, 0) is 5.41 Å². The van der Waals surface area contributed by atoms with Crippen LogP contribution in [0.4, 0.5) is 0 Å². The van der Waals surface area contributed by atoms with E-state index in [-0.39, 0.29) is 10.7 Å². The van der Waals surface area contributed by atoms with E-state index in [9.17, 15) is 0 Å². The highest BCUT2D eigenvalue weighted by Gasteiger charge is 2.32. The quantitative estimate of drug-likeness (QED) is 0.745. The number of nitrogens with zero attached hydrogens (tertiary/aromatic N) is 3. The van der Waals surface area contributed by atoms with Gasteiger partial charge in [0.25, 0.3) is 0 Å². The lowest BCUT2D eigenvalue weighted by atomic mass is 9.91. The Morgan fingerprint density at radius 1 is 1.11 bits per heavy atom. The summed E-state index contributed by atoms with van der Waals surface area (Å²) in [5.41, 5.74) is 5.09. The number of allylic oxidation sites excluding steroid dienone is 1. The van der Waals surface area contributed by atoms with E-state index in [1.54, 1.807) is 6.20 Å². The Bertz CT molecular complexity index is 690. The van der Waals surface area contributed by atoms with Crippen molar-refractivity contribution in [1.82, 2.24) is 15.0 Å². The van der Waals surface area contributed by atoms with Gasteiger partial charge in [-0.1, -0.05) is 26.0 Å². The molecule has 0 aromatic carbocycles. The van der Waals surface area contributed by atoms with Crippen LogP contribution < -0.4 is 0 Å². The van der Waals surface area contributed by atoms with E-state index in [2.05, 4.69) is 40.9 Å². The Balaban J connectivity index is 2.20. The lowest BCUT2D eigenvalue weighted by Gasteiger charge is -2.16. The van der Waals surface area contributed by atoms with Crippen molar-refractivity contribution in [3.8, 4) is 0 Å². The zero-order chi connectivity index (χ0) is 13.6. The zero-order valence-electron chi connectivity index (χ0n) is 11.1. The molecule has 0 atom stereocenters. The van der Waals surface area contributed by atoms with E-state index in [1.807, 2.05) is 19.1 Å². The summed E-state index contributed by atoms with van der Waals surface area (Å²) in [4.78, 5) is 12.9. The van der Waals surface area contributed by atoms with Crippen molar-refractivity contribution in [2.24, 2.45) is 0 Å². The predicted molar refractivity (Wildman–Crippen MR) is 76.1 cm³/mol. The van der Waals surface area contributed by atoms with E-state index in [0.29, 0.717) is 0 Å². The Morgan fingerprint density at radius 3 is 2.63 bits per heavy atom. The molecule has 0 N–H and O–H groups in total. The fourth-order valence-corrected chi connectivity index (χ4v) is 2.62. The molecule has 0 aliphatic heterocycles. The molecule has 1 aliphatic carbocycles. The molecule has 0 saturated carbocycles. The van der Waals surface area contributed by atoms with Crippen LogP contribution in [0.3, 0.4) is 0 Å². The minimum atomic E-state index is -0.0892. The first-order chi connectivity index (χ1) is 8.97. The number of rotatable bonds is 1. The van der Waals surface area contributed by atoms with Crippen LogP contribution in [0, 0.1) is 6.92 Å². The van der Waals surface area contributed by atoms with Gasteiger partial charge in [0.2, 0.25) is 5.28 Å². The van der Waals surface area contributed by atoms with E-state index in [4.69, 9.17) is 11.6 Å². The van der Waals surface area contributed by atoms with Crippen LogP contribution in [0.2, 0.25) is 5.28 Å². The number of fused-ring (bicyclic) bond motifs is 1. The fourth-order valence-electron chi connectivity index (χ4n) is 2.47. The van der Waals surface area contributed by atoms with Gasteiger partial charge in [0, 0.05) is 28.4 Å². The summed E-state index contributed by atoms with van der Waals surface area (Å²) >= 11 is 5.88. The first-order valence-electron chi connectivity index (χ1n) is 6.18. The van der Waals surface area contributed by atoms with Crippen molar-refractivity contribution in [3.63, 3.8) is 0 Å². The minimum Gasteiger partial charge on any atom is -0.257 e. The summed E-state index contributed by atoms with van der Waals surface area (Å²) in [6.45, 7) is 6.33. The van der Waals surface area contributed by atoms with Crippen LogP contribution >= 0.6 is 11.6 Å². The third-order valence-corrected chi connectivity index (χ3v) is 3.52. The topological polar surface area (TPSA) is 38.7 Å². The predicted octanol–water partition coefficient (Wildman–Crippen LogP) is 3.56. The maximum absolute atomic E-state index is 5.88. The molecule has 0 spiro atoms. The van der Waals surface area contributed by atoms with Gasteiger partial charge in [-0.15, -0.1) is 0 Å². The molecule has 3 nitrogen and oxygen atoms in total. The van der Waals surface area contributed by atoms with Crippen molar-refractivity contribution < 1.29 is 0 Å². The number of hydrogen-bond donors (Lipinski definition) is 0. The summed E-state index contributed by atoms with van der Waals surface area (Å²) in [5, 5.41) is 0.268. The summed E-state index contributed by atoms with van der Waals surface area (Å²) in [7, 11) is 0. The highest BCUT2D eigenvalue weighted by molar-refractivity contribution is 6.28. The van der Waals surface area contributed by atoms with Crippen LogP contribution in [0.15, 0.2) is 30.5 Å². The maximum atomic E-state index is 5.88. The van der Waals surface area contributed by atoms with E-state index >= 15 is 0 Å². The number of halogens is 1. The fraction of sp³-hybridized carbons (Fsp3) is 0.267. The van der Waals surface area contributed by atoms with Gasteiger partial charge in [0.15, 0.2) is 0 Å². The van der Waals surface area contributed by atoms with Crippen LogP contribution in [0.1, 0.15) is 36.5 Å². The average molecular weight is 272 g/mol. The van der Waals surface area contributed by atoms with Crippen LogP contribution in [0.25, 0.3) is 5.57 Å². The third kappa shape index (κ3) is 2.04. The summed E-state index contributed by atoms with van der Waals surface area (Å²) in [5.74, 6) is 0. The standard InChI is InChI=1S/C15H14ClN3/c1-9-4-5-10-11(8-15(2,3)13(10)18-9)12-6-7-17-14(16)19-12/h4-8H,1-3H3. The van der Waals surface area contributed by atoms with Gasteiger partial charge in [-0.05, 0) is 30.7 Å².